The lowest BCUT2D eigenvalue weighted by Crippen LogP contribution is -2.59. The zero-order valence-electron chi connectivity index (χ0n) is 11.2. The number of carbonyl (C=O) groups excluding carboxylic acids is 1. The Hall–Kier alpha value is -1.49. The predicted molar refractivity (Wildman–Crippen MR) is 69.1 cm³/mol. The van der Waals surface area contributed by atoms with Crippen LogP contribution < -0.4 is 5.32 Å². The lowest BCUT2D eigenvalue weighted by molar-refractivity contribution is 0.0605. The van der Waals surface area contributed by atoms with Crippen LogP contribution in [0.2, 0.25) is 0 Å². The Morgan fingerprint density at radius 1 is 1.42 bits per heavy atom. The van der Waals surface area contributed by atoms with Gasteiger partial charge in [-0.15, -0.1) is 0 Å². The summed E-state index contributed by atoms with van der Waals surface area (Å²) < 4.78 is 27.8. The number of carbonyl (C=O) groups is 1. The van der Waals surface area contributed by atoms with Gasteiger partial charge in [0, 0.05) is 19.6 Å². The van der Waals surface area contributed by atoms with Gasteiger partial charge in [0.25, 0.3) is 5.91 Å². The van der Waals surface area contributed by atoms with Crippen molar-refractivity contribution in [3.8, 4) is 0 Å². The van der Waals surface area contributed by atoms with E-state index in [-0.39, 0.29) is 11.6 Å². The van der Waals surface area contributed by atoms with Crippen molar-refractivity contribution in [3.05, 3.63) is 34.9 Å². The Balaban J connectivity index is 2.33. The Labute approximate surface area is 111 Å². The van der Waals surface area contributed by atoms with Crippen molar-refractivity contribution in [1.82, 2.24) is 10.2 Å². The van der Waals surface area contributed by atoms with Gasteiger partial charge in [0.15, 0.2) is 0 Å². The average molecular weight is 268 g/mol. The smallest absolute Gasteiger partial charge is 0.260 e. The Bertz CT molecular complexity index is 487. The van der Waals surface area contributed by atoms with Crippen LogP contribution in [0.25, 0.3) is 0 Å². The molecule has 2 rings (SSSR count). The van der Waals surface area contributed by atoms with Crippen molar-refractivity contribution < 1.29 is 13.6 Å². The maximum atomic E-state index is 14.0. The molecular formula is C14H18F2N2O. The van der Waals surface area contributed by atoms with E-state index in [9.17, 15) is 13.6 Å². The van der Waals surface area contributed by atoms with E-state index in [2.05, 4.69) is 5.32 Å². The second kappa shape index (κ2) is 5.65. The maximum absolute atomic E-state index is 14.0. The van der Waals surface area contributed by atoms with Crippen LogP contribution in [0, 0.1) is 18.6 Å². The Kier molecular flexibility index (Phi) is 4.14. The number of amides is 1. The minimum absolute atomic E-state index is 0.0340. The Morgan fingerprint density at radius 3 is 2.63 bits per heavy atom. The number of nitrogens with one attached hydrogen (secondary N) is 1. The minimum atomic E-state index is -0.790. The standard InChI is InChI=1S/C14H18F2N2O/c1-3-6-18(10-7-17-8-10)14(19)12-11(15)5-4-9(2)13(12)16/h4-5,10,17H,3,6-8H2,1-2H3. The summed E-state index contributed by atoms with van der Waals surface area (Å²) in [6.45, 7) is 5.34. The van der Waals surface area contributed by atoms with Gasteiger partial charge in [0.1, 0.15) is 17.2 Å². The molecule has 1 aliphatic rings. The highest BCUT2D eigenvalue weighted by atomic mass is 19.1. The molecule has 1 saturated heterocycles. The first-order valence-electron chi connectivity index (χ1n) is 6.52. The zero-order chi connectivity index (χ0) is 14.0. The van der Waals surface area contributed by atoms with Crippen LogP contribution in [0.1, 0.15) is 29.3 Å². The first-order chi connectivity index (χ1) is 9.06. The molecule has 1 aromatic carbocycles. The number of rotatable bonds is 4. The fraction of sp³-hybridized carbons (Fsp3) is 0.500. The number of aryl methyl sites for hydroxylation is 1. The van der Waals surface area contributed by atoms with Gasteiger partial charge in [-0.05, 0) is 25.0 Å². The fourth-order valence-electron chi connectivity index (χ4n) is 2.18. The summed E-state index contributed by atoms with van der Waals surface area (Å²) in [6, 6.07) is 2.53. The van der Waals surface area contributed by atoms with E-state index in [4.69, 9.17) is 0 Å². The largest absolute Gasteiger partial charge is 0.333 e. The third kappa shape index (κ3) is 2.61. The molecule has 0 aliphatic carbocycles. The van der Waals surface area contributed by atoms with Gasteiger partial charge in [0.2, 0.25) is 0 Å². The van der Waals surface area contributed by atoms with Gasteiger partial charge in [0.05, 0.1) is 6.04 Å². The quantitative estimate of drug-likeness (QED) is 0.907. The van der Waals surface area contributed by atoms with Gasteiger partial charge >= 0.3 is 0 Å². The molecule has 0 unspecified atom stereocenters. The summed E-state index contributed by atoms with van der Waals surface area (Å²) >= 11 is 0. The highest BCUT2D eigenvalue weighted by molar-refractivity contribution is 5.95. The third-order valence-corrected chi connectivity index (χ3v) is 3.42. The van der Waals surface area contributed by atoms with Crippen molar-refractivity contribution in [2.75, 3.05) is 19.6 Å². The maximum Gasteiger partial charge on any atom is 0.260 e. The number of hydrogen-bond donors (Lipinski definition) is 1. The van der Waals surface area contributed by atoms with E-state index in [1.807, 2.05) is 6.92 Å². The second-order valence-electron chi connectivity index (χ2n) is 4.86. The lowest BCUT2D eigenvalue weighted by atomic mass is 10.0. The molecule has 0 bridgehead atoms. The van der Waals surface area contributed by atoms with Crippen molar-refractivity contribution in [2.24, 2.45) is 0 Å². The van der Waals surface area contributed by atoms with Crippen LogP contribution >= 0.6 is 0 Å². The summed E-state index contributed by atoms with van der Waals surface area (Å²) in [5.41, 5.74) is -0.145. The van der Waals surface area contributed by atoms with Crippen molar-refractivity contribution >= 4 is 5.91 Å². The highest BCUT2D eigenvalue weighted by Crippen LogP contribution is 2.20. The lowest BCUT2D eigenvalue weighted by Gasteiger charge is -2.38. The first-order valence-corrected chi connectivity index (χ1v) is 6.52. The van der Waals surface area contributed by atoms with Crippen molar-refractivity contribution in [1.29, 1.82) is 0 Å². The molecule has 3 nitrogen and oxygen atoms in total. The highest BCUT2D eigenvalue weighted by Gasteiger charge is 2.31. The normalized spacial score (nSPS) is 15.2. The molecule has 19 heavy (non-hydrogen) atoms. The molecule has 1 N–H and O–H groups in total. The summed E-state index contributed by atoms with van der Waals surface area (Å²) in [5, 5.41) is 3.07. The van der Waals surface area contributed by atoms with Crippen LogP contribution in [-0.2, 0) is 0 Å². The number of halogens is 2. The summed E-state index contributed by atoms with van der Waals surface area (Å²) in [6.07, 6.45) is 0.761. The second-order valence-corrected chi connectivity index (χ2v) is 4.86. The van der Waals surface area contributed by atoms with Crippen molar-refractivity contribution in [2.45, 2.75) is 26.3 Å². The number of hydrogen-bond acceptors (Lipinski definition) is 2. The molecule has 1 aliphatic heterocycles. The van der Waals surface area contributed by atoms with Gasteiger partial charge in [-0.3, -0.25) is 4.79 Å². The third-order valence-electron chi connectivity index (χ3n) is 3.42. The molecule has 0 aromatic heterocycles. The molecule has 104 valence electrons. The first kappa shape index (κ1) is 13.9. The van der Waals surface area contributed by atoms with E-state index < -0.39 is 23.1 Å². The molecular weight excluding hydrogens is 250 g/mol. The SMILES string of the molecule is CCCN(C(=O)c1c(F)ccc(C)c1F)C1CNC1. The zero-order valence-corrected chi connectivity index (χ0v) is 11.2. The summed E-state index contributed by atoms with van der Waals surface area (Å²) in [4.78, 5) is 13.9. The molecule has 0 spiro atoms. The van der Waals surface area contributed by atoms with E-state index >= 15 is 0 Å². The monoisotopic (exact) mass is 268 g/mol. The summed E-state index contributed by atoms with van der Waals surface area (Å²) in [5.74, 6) is -2.09. The van der Waals surface area contributed by atoms with Gasteiger partial charge in [-0.2, -0.15) is 0 Å². The van der Waals surface area contributed by atoms with Gasteiger partial charge in [-0.25, -0.2) is 8.78 Å². The topological polar surface area (TPSA) is 32.3 Å². The van der Waals surface area contributed by atoms with Crippen LogP contribution in [-0.4, -0.2) is 36.5 Å². The van der Waals surface area contributed by atoms with Crippen molar-refractivity contribution in [3.63, 3.8) is 0 Å². The Morgan fingerprint density at radius 2 is 2.11 bits per heavy atom. The molecule has 5 heteroatoms. The molecule has 1 fully saturated rings. The van der Waals surface area contributed by atoms with Crippen LogP contribution in [0.3, 0.4) is 0 Å². The van der Waals surface area contributed by atoms with Gasteiger partial charge in [-0.1, -0.05) is 13.0 Å². The number of nitrogens with zero attached hydrogens (tertiary/aromatic N) is 1. The molecule has 0 radical (unpaired) electrons. The average Bonchev–Trinajstić information content (AvgIpc) is 2.31. The van der Waals surface area contributed by atoms with E-state index in [1.165, 1.54) is 13.0 Å². The fourth-order valence-corrected chi connectivity index (χ4v) is 2.18. The molecule has 1 amide bonds. The summed E-state index contributed by atoms with van der Waals surface area (Å²) in [7, 11) is 0. The molecule has 0 atom stereocenters. The van der Waals surface area contributed by atoms with E-state index in [1.54, 1.807) is 4.90 Å². The van der Waals surface area contributed by atoms with Crippen LogP contribution in [0.5, 0.6) is 0 Å². The van der Waals surface area contributed by atoms with E-state index in [0.717, 1.165) is 12.5 Å². The van der Waals surface area contributed by atoms with Gasteiger partial charge < -0.3 is 10.2 Å². The van der Waals surface area contributed by atoms with Crippen LogP contribution in [0.4, 0.5) is 8.78 Å². The molecule has 1 heterocycles. The minimum Gasteiger partial charge on any atom is -0.333 e. The van der Waals surface area contributed by atoms with E-state index in [0.29, 0.717) is 19.6 Å². The number of benzene rings is 1. The van der Waals surface area contributed by atoms with Crippen LogP contribution in [0.15, 0.2) is 12.1 Å². The predicted octanol–water partition coefficient (Wildman–Crippen LogP) is 2.10. The molecule has 0 saturated carbocycles. The molecule has 1 aromatic rings.